The lowest BCUT2D eigenvalue weighted by Gasteiger charge is -2.15. The normalized spacial score (nSPS) is 9.56. The van der Waals surface area contributed by atoms with Gasteiger partial charge in [-0.25, -0.2) is 4.79 Å². The molecule has 4 N–H and O–H groups in total. The molecule has 3 amide bonds. The number of primary amides is 1. The highest BCUT2D eigenvalue weighted by Gasteiger charge is 2.10. The van der Waals surface area contributed by atoms with E-state index in [9.17, 15) is 14.4 Å². The molecule has 0 aliphatic rings. The van der Waals surface area contributed by atoms with E-state index in [1.54, 1.807) is 0 Å². The number of nitrogens with zero attached hydrogens (tertiary/aromatic N) is 1. The van der Waals surface area contributed by atoms with E-state index in [1.165, 1.54) is 7.05 Å². The Balaban J connectivity index is 3.57. The van der Waals surface area contributed by atoms with E-state index in [-0.39, 0.29) is 26.3 Å². The first kappa shape index (κ1) is 14.2. The molecule has 0 unspecified atom stereocenters. The molecule has 92 valence electrons. The molecule has 0 aromatic carbocycles. The molecule has 16 heavy (non-hydrogen) atoms. The SMILES string of the molecule is CN(CC(=O)O)C(=O)NCCOCC(N)=O. The highest BCUT2D eigenvalue weighted by molar-refractivity contribution is 5.79. The number of carbonyl (C=O) groups excluding carboxylic acids is 2. The molecule has 0 fully saturated rings. The molecule has 0 heterocycles. The van der Waals surface area contributed by atoms with Crippen molar-refractivity contribution in [3.05, 3.63) is 0 Å². The molecular formula is C8H15N3O5. The van der Waals surface area contributed by atoms with Crippen LogP contribution in [0.2, 0.25) is 0 Å². The van der Waals surface area contributed by atoms with Crippen LogP contribution in [0.4, 0.5) is 4.79 Å². The molecule has 0 aliphatic carbocycles. The second-order valence-corrected chi connectivity index (χ2v) is 3.00. The number of aliphatic carboxylic acids is 1. The van der Waals surface area contributed by atoms with Gasteiger partial charge in [0.1, 0.15) is 13.2 Å². The van der Waals surface area contributed by atoms with E-state index in [2.05, 4.69) is 5.32 Å². The van der Waals surface area contributed by atoms with Crippen molar-refractivity contribution in [1.82, 2.24) is 10.2 Å². The number of carbonyl (C=O) groups is 3. The number of hydrogen-bond acceptors (Lipinski definition) is 4. The maximum Gasteiger partial charge on any atom is 0.323 e. The average Bonchev–Trinajstić information content (AvgIpc) is 2.15. The Morgan fingerprint density at radius 2 is 2.06 bits per heavy atom. The van der Waals surface area contributed by atoms with Crippen molar-refractivity contribution in [3.8, 4) is 0 Å². The first-order valence-electron chi connectivity index (χ1n) is 4.50. The van der Waals surface area contributed by atoms with Gasteiger partial charge in [-0.05, 0) is 0 Å². The van der Waals surface area contributed by atoms with Crippen LogP contribution in [0.5, 0.6) is 0 Å². The third-order valence-electron chi connectivity index (χ3n) is 1.49. The van der Waals surface area contributed by atoms with Crippen LogP contribution in [-0.2, 0) is 14.3 Å². The number of amides is 3. The van der Waals surface area contributed by atoms with Crippen molar-refractivity contribution in [2.75, 3.05) is 33.4 Å². The van der Waals surface area contributed by atoms with E-state index < -0.39 is 17.9 Å². The number of hydrogen-bond donors (Lipinski definition) is 3. The molecule has 0 rings (SSSR count). The third kappa shape index (κ3) is 7.56. The standard InChI is InChI=1S/C8H15N3O5/c1-11(4-7(13)14)8(15)10-2-3-16-5-6(9)12/h2-5H2,1H3,(H2,9,12)(H,10,15)(H,13,14). The Bertz CT molecular complexity index is 268. The van der Waals surface area contributed by atoms with Crippen LogP contribution >= 0.6 is 0 Å². The molecule has 0 aliphatic heterocycles. The zero-order valence-corrected chi connectivity index (χ0v) is 8.93. The number of urea groups is 1. The molecule has 8 nitrogen and oxygen atoms in total. The molecule has 0 spiro atoms. The van der Waals surface area contributed by atoms with Crippen LogP contribution < -0.4 is 11.1 Å². The number of nitrogens with two attached hydrogens (primary N) is 1. The molecule has 0 bridgehead atoms. The number of ether oxygens (including phenoxy) is 1. The molecule has 0 atom stereocenters. The molecule has 0 saturated heterocycles. The van der Waals surface area contributed by atoms with Crippen molar-refractivity contribution >= 4 is 17.9 Å². The van der Waals surface area contributed by atoms with E-state index in [0.29, 0.717) is 0 Å². The van der Waals surface area contributed by atoms with E-state index >= 15 is 0 Å². The third-order valence-corrected chi connectivity index (χ3v) is 1.49. The fraction of sp³-hybridized carbons (Fsp3) is 0.625. The van der Waals surface area contributed by atoms with Gasteiger partial charge >= 0.3 is 12.0 Å². The van der Waals surface area contributed by atoms with Gasteiger partial charge in [-0.15, -0.1) is 0 Å². The molecule has 8 heteroatoms. The van der Waals surface area contributed by atoms with Crippen LogP contribution in [0.3, 0.4) is 0 Å². The van der Waals surface area contributed by atoms with Gasteiger partial charge in [0, 0.05) is 13.6 Å². The monoisotopic (exact) mass is 233 g/mol. The van der Waals surface area contributed by atoms with Gasteiger partial charge in [-0.1, -0.05) is 0 Å². The quantitative estimate of drug-likeness (QED) is 0.448. The molecule has 0 aromatic rings. The van der Waals surface area contributed by atoms with Gasteiger partial charge in [0.25, 0.3) is 0 Å². The maximum atomic E-state index is 11.2. The van der Waals surface area contributed by atoms with Crippen LogP contribution in [-0.4, -0.2) is 61.3 Å². The second-order valence-electron chi connectivity index (χ2n) is 3.00. The lowest BCUT2D eigenvalue weighted by atomic mass is 10.5. The lowest BCUT2D eigenvalue weighted by molar-refractivity contribution is -0.137. The topological polar surface area (TPSA) is 122 Å². The lowest BCUT2D eigenvalue weighted by Crippen LogP contribution is -2.41. The van der Waals surface area contributed by atoms with Gasteiger partial charge in [-0.3, -0.25) is 9.59 Å². The predicted molar refractivity (Wildman–Crippen MR) is 53.7 cm³/mol. The number of rotatable bonds is 7. The second kappa shape index (κ2) is 7.46. The summed E-state index contributed by atoms with van der Waals surface area (Å²) in [4.78, 5) is 32.7. The maximum absolute atomic E-state index is 11.2. The van der Waals surface area contributed by atoms with Crippen molar-refractivity contribution in [2.45, 2.75) is 0 Å². The van der Waals surface area contributed by atoms with Gasteiger partial charge < -0.3 is 25.8 Å². The summed E-state index contributed by atoms with van der Waals surface area (Å²) in [7, 11) is 1.35. The number of likely N-dealkylation sites (N-methyl/N-ethyl adjacent to an activating group) is 1. The highest BCUT2D eigenvalue weighted by atomic mass is 16.5. The minimum Gasteiger partial charge on any atom is -0.480 e. The largest absolute Gasteiger partial charge is 0.480 e. The van der Waals surface area contributed by atoms with Crippen molar-refractivity contribution in [2.24, 2.45) is 5.73 Å². The van der Waals surface area contributed by atoms with Crippen LogP contribution in [0.25, 0.3) is 0 Å². The number of carboxylic acids is 1. The van der Waals surface area contributed by atoms with Crippen LogP contribution in [0.1, 0.15) is 0 Å². The summed E-state index contributed by atoms with van der Waals surface area (Å²) in [6, 6.07) is -0.523. The van der Waals surface area contributed by atoms with Gasteiger partial charge in [0.2, 0.25) is 5.91 Å². The Kier molecular flexibility index (Phi) is 6.61. The smallest absolute Gasteiger partial charge is 0.323 e. The Morgan fingerprint density at radius 1 is 1.44 bits per heavy atom. The minimum absolute atomic E-state index is 0.135. The number of nitrogens with one attached hydrogen (secondary N) is 1. The van der Waals surface area contributed by atoms with Gasteiger partial charge in [0.15, 0.2) is 0 Å². The summed E-state index contributed by atoms with van der Waals surface area (Å²) in [5.74, 6) is -1.68. The zero-order valence-electron chi connectivity index (χ0n) is 8.93. The summed E-state index contributed by atoms with van der Waals surface area (Å²) < 4.78 is 4.78. The van der Waals surface area contributed by atoms with E-state index in [1.807, 2.05) is 0 Å². The van der Waals surface area contributed by atoms with E-state index in [4.69, 9.17) is 15.6 Å². The van der Waals surface area contributed by atoms with Gasteiger partial charge in [-0.2, -0.15) is 0 Å². The van der Waals surface area contributed by atoms with Crippen LogP contribution in [0, 0.1) is 0 Å². The van der Waals surface area contributed by atoms with E-state index in [0.717, 1.165) is 4.90 Å². The summed E-state index contributed by atoms with van der Waals surface area (Å²) in [5, 5.41) is 10.8. The Hall–Kier alpha value is -1.83. The van der Waals surface area contributed by atoms with Gasteiger partial charge in [0.05, 0.1) is 6.61 Å². The number of carboxylic acid groups (broad SMARTS) is 1. The highest BCUT2D eigenvalue weighted by Crippen LogP contribution is 1.83. The summed E-state index contributed by atoms with van der Waals surface area (Å²) in [6.07, 6.45) is 0. The Morgan fingerprint density at radius 3 is 2.56 bits per heavy atom. The van der Waals surface area contributed by atoms with Crippen molar-refractivity contribution < 1.29 is 24.2 Å². The molecular weight excluding hydrogens is 218 g/mol. The first-order chi connectivity index (χ1) is 7.43. The molecule has 0 saturated carbocycles. The summed E-state index contributed by atoms with van der Waals surface area (Å²) >= 11 is 0. The molecule has 0 radical (unpaired) electrons. The van der Waals surface area contributed by atoms with Crippen LogP contribution in [0.15, 0.2) is 0 Å². The zero-order chi connectivity index (χ0) is 12.6. The fourth-order valence-electron chi connectivity index (χ4n) is 0.813. The summed E-state index contributed by atoms with van der Waals surface area (Å²) in [5.41, 5.74) is 4.81. The summed E-state index contributed by atoms with van der Waals surface area (Å²) in [6.45, 7) is -0.277. The molecule has 0 aromatic heterocycles. The minimum atomic E-state index is -1.09. The fourth-order valence-corrected chi connectivity index (χ4v) is 0.813. The first-order valence-corrected chi connectivity index (χ1v) is 4.50. The predicted octanol–water partition coefficient (Wildman–Crippen LogP) is -1.79. The average molecular weight is 233 g/mol. The Labute approximate surface area is 92.3 Å². The van der Waals surface area contributed by atoms with Crippen molar-refractivity contribution in [1.29, 1.82) is 0 Å². The van der Waals surface area contributed by atoms with Crippen molar-refractivity contribution in [3.63, 3.8) is 0 Å².